The molecule has 1 aliphatic rings. The third kappa shape index (κ3) is 4.00. The predicted molar refractivity (Wildman–Crippen MR) is 73.3 cm³/mol. The molecule has 20 heavy (non-hydrogen) atoms. The van der Waals surface area contributed by atoms with Crippen LogP contribution >= 0.6 is 0 Å². The Kier molecular flexibility index (Phi) is 5.06. The van der Waals surface area contributed by atoms with E-state index in [1.54, 1.807) is 6.07 Å². The minimum Gasteiger partial charge on any atom is -0.340 e. The molecule has 1 aromatic carbocycles. The van der Waals surface area contributed by atoms with Crippen LogP contribution in [-0.2, 0) is 11.2 Å². The highest BCUT2D eigenvalue weighted by atomic mass is 19.2. The van der Waals surface area contributed by atoms with Gasteiger partial charge in [0.25, 0.3) is 0 Å². The lowest BCUT2D eigenvalue weighted by Crippen LogP contribution is -2.51. The first-order valence-electron chi connectivity index (χ1n) is 7.01. The summed E-state index contributed by atoms with van der Waals surface area (Å²) in [5.41, 5.74) is 0.727. The molecule has 0 radical (unpaired) electrons. The summed E-state index contributed by atoms with van der Waals surface area (Å²) in [6, 6.07) is 4.23. The summed E-state index contributed by atoms with van der Waals surface area (Å²) in [5.74, 6) is -1.52. The van der Waals surface area contributed by atoms with E-state index in [4.69, 9.17) is 0 Å². The van der Waals surface area contributed by atoms with Crippen LogP contribution in [0, 0.1) is 11.6 Å². The minimum atomic E-state index is -0.834. The molecule has 1 aliphatic heterocycles. The maximum absolute atomic E-state index is 13.0. The van der Waals surface area contributed by atoms with E-state index in [-0.39, 0.29) is 5.91 Å². The quantitative estimate of drug-likeness (QED) is 0.917. The van der Waals surface area contributed by atoms with Crippen LogP contribution in [0.1, 0.15) is 25.3 Å². The molecule has 3 nitrogen and oxygen atoms in total. The average molecular weight is 282 g/mol. The standard InChI is InChI=1S/C15H20F2N2O/c1-11-10-19(8-7-18-11)15(20)4-2-3-12-5-6-13(16)14(17)9-12/h5-6,9,11,18H,2-4,7-8,10H2,1H3. The van der Waals surface area contributed by atoms with Gasteiger partial charge in [0.15, 0.2) is 11.6 Å². The van der Waals surface area contributed by atoms with Crippen molar-refractivity contribution in [3.8, 4) is 0 Å². The van der Waals surface area contributed by atoms with E-state index in [2.05, 4.69) is 12.2 Å². The number of carbonyl (C=O) groups excluding carboxylic acids is 1. The van der Waals surface area contributed by atoms with Gasteiger partial charge in [0.1, 0.15) is 0 Å². The molecule has 0 bridgehead atoms. The first kappa shape index (κ1) is 14.9. The molecule has 1 heterocycles. The molecule has 1 unspecified atom stereocenters. The van der Waals surface area contributed by atoms with Gasteiger partial charge in [0, 0.05) is 32.1 Å². The summed E-state index contributed by atoms with van der Waals surface area (Å²) in [6.07, 6.45) is 1.69. The number of aryl methyl sites for hydroxylation is 1. The summed E-state index contributed by atoms with van der Waals surface area (Å²) in [6.45, 7) is 4.37. The number of carbonyl (C=O) groups is 1. The van der Waals surface area contributed by atoms with Gasteiger partial charge in [-0.05, 0) is 37.5 Å². The molecule has 110 valence electrons. The van der Waals surface area contributed by atoms with Gasteiger partial charge in [-0.2, -0.15) is 0 Å². The molecule has 5 heteroatoms. The van der Waals surface area contributed by atoms with Crippen LogP contribution < -0.4 is 5.32 Å². The second-order valence-corrected chi connectivity index (χ2v) is 5.30. The second kappa shape index (κ2) is 6.79. The van der Waals surface area contributed by atoms with E-state index in [0.717, 1.165) is 31.3 Å². The fourth-order valence-electron chi connectivity index (χ4n) is 2.46. The highest BCUT2D eigenvalue weighted by Gasteiger charge is 2.19. The van der Waals surface area contributed by atoms with E-state index in [0.29, 0.717) is 25.3 Å². The Morgan fingerprint density at radius 2 is 2.20 bits per heavy atom. The third-order valence-corrected chi connectivity index (χ3v) is 3.56. The number of nitrogens with zero attached hydrogens (tertiary/aromatic N) is 1. The van der Waals surface area contributed by atoms with Crippen molar-refractivity contribution in [2.75, 3.05) is 19.6 Å². The largest absolute Gasteiger partial charge is 0.340 e. The zero-order chi connectivity index (χ0) is 14.5. The first-order chi connectivity index (χ1) is 9.56. The zero-order valence-corrected chi connectivity index (χ0v) is 11.7. The summed E-state index contributed by atoms with van der Waals surface area (Å²) >= 11 is 0. The molecule has 1 fully saturated rings. The number of rotatable bonds is 4. The van der Waals surface area contributed by atoms with Gasteiger partial charge in [0.05, 0.1) is 0 Å². The lowest BCUT2D eigenvalue weighted by atomic mass is 10.1. The number of hydrogen-bond acceptors (Lipinski definition) is 2. The molecule has 1 amide bonds. The van der Waals surface area contributed by atoms with Crippen LogP contribution in [0.15, 0.2) is 18.2 Å². The lowest BCUT2D eigenvalue weighted by Gasteiger charge is -2.32. The van der Waals surface area contributed by atoms with Crippen molar-refractivity contribution >= 4 is 5.91 Å². The molecule has 2 rings (SSSR count). The number of nitrogens with one attached hydrogen (secondary N) is 1. The van der Waals surface area contributed by atoms with Crippen molar-refractivity contribution < 1.29 is 13.6 Å². The smallest absolute Gasteiger partial charge is 0.222 e. The van der Waals surface area contributed by atoms with Gasteiger partial charge >= 0.3 is 0 Å². The van der Waals surface area contributed by atoms with Crippen molar-refractivity contribution in [1.29, 1.82) is 0 Å². The van der Waals surface area contributed by atoms with E-state index in [1.165, 1.54) is 6.07 Å². The maximum Gasteiger partial charge on any atom is 0.222 e. The topological polar surface area (TPSA) is 32.3 Å². The average Bonchev–Trinajstić information content (AvgIpc) is 2.42. The van der Waals surface area contributed by atoms with E-state index < -0.39 is 11.6 Å². The van der Waals surface area contributed by atoms with Crippen molar-refractivity contribution in [2.24, 2.45) is 0 Å². The van der Waals surface area contributed by atoms with Crippen LogP contribution in [-0.4, -0.2) is 36.5 Å². The molecular weight excluding hydrogens is 262 g/mol. The minimum absolute atomic E-state index is 0.140. The highest BCUT2D eigenvalue weighted by molar-refractivity contribution is 5.76. The van der Waals surface area contributed by atoms with Gasteiger partial charge in [-0.25, -0.2) is 8.78 Å². The normalized spacial score (nSPS) is 19.1. The summed E-state index contributed by atoms with van der Waals surface area (Å²) < 4.78 is 25.8. The number of piperazine rings is 1. The molecule has 1 aromatic rings. The fourth-order valence-corrected chi connectivity index (χ4v) is 2.46. The second-order valence-electron chi connectivity index (χ2n) is 5.30. The van der Waals surface area contributed by atoms with Crippen LogP contribution in [0.5, 0.6) is 0 Å². The molecule has 0 saturated carbocycles. The van der Waals surface area contributed by atoms with Gasteiger partial charge in [-0.15, -0.1) is 0 Å². The lowest BCUT2D eigenvalue weighted by molar-refractivity contribution is -0.132. The van der Waals surface area contributed by atoms with Crippen LogP contribution in [0.3, 0.4) is 0 Å². The molecule has 0 spiro atoms. The Bertz CT molecular complexity index is 479. The van der Waals surface area contributed by atoms with E-state index in [9.17, 15) is 13.6 Å². The van der Waals surface area contributed by atoms with Gasteiger partial charge in [-0.3, -0.25) is 4.79 Å². The van der Waals surface area contributed by atoms with E-state index >= 15 is 0 Å². The molecule has 0 aromatic heterocycles. The Morgan fingerprint density at radius 1 is 1.40 bits per heavy atom. The predicted octanol–water partition coefficient (Wildman–Crippen LogP) is 2.11. The zero-order valence-electron chi connectivity index (χ0n) is 11.7. The van der Waals surface area contributed by atoms with Crippen LogP contribution in [0.25, 0.3) is 0 Å². The molecule has 1 atom stereocenters. The number of halogens is 2. The van der Waals surface area contributed by atoms with E-state index in [1.807, 2.05) is 4.90 Å². The first-order valence-corrected chi connectivity index (χ1v) is 7.01. The van der Waals surface area contributed by atoms with Crippen LogP contribution in [0.2, 0.25) is 0 Å². The Balaban J connectivity index is 1.77. The number of benzene rings is 1. The number of hydrogen-bond donors (Lipinski definition) is 1. The van der Waals surface area contributed by atoms with Gasteiger partial charge < -0.3 is 10.2 Å². The molecular formula is C15H20F2N2O. The summed E-state index contributed by atoms with van der Waals surface area (Å²) in [5, 5.41) is 3.29. The molecule has 0 aliphatic carbocycles. The monoisotopic (exact) mass is 282 g/mol. The van der Waals surface area contributed by atoms with Crippen molar-refractivity contribution in [2.45, 2.75) is 32.2 Å². The summed E-state index contributed by atoms with van der Waals surface area (Å²) in [7, 11) is 0. The maximum atomic E-state index is 13.0. The fraction of sp³-hybridized carbons (Fsp3) is 0.533. The third-order valence-electron chi connectivity index (χ3n) is 3.56. The Labute approximate surface area is 118 Å². The van der Waals surface area contributed by atoms with Gasteiger partial charge in [0.2, 0.25) is 5.91 Å². The SMILES string of the molecule is CC1CN(C(=O)CCCc2ccc(F)c(F)c2)CCN1. The Morgan fingerprint density at radius 3 is 2.90 bits per heavy atom. The van der Waals surface area contributed by atoms with Crippen molar-refractivity contribution in [3.05, 3.63) is 35.4 Å². The highest BCUT2D eigenvalue weighted by Crippen LogP contribution is 2.12. The van der Waals surface area contributed by atoms with Crippen LogP contribution in [0.4, 0.5) is 8.78 Å². The van der Waals surface area contributed by atoms with Crippen molar-refractivity contribution in [3.63, 3.8) is 0 Å². The van der Waals surface area contributed by atoms with Crippen molar-refractivity contribution in [1.82, 2.24) is 10.2 Å². The summed E-state index contributed by atoms with van der Waals surface area (Å²) in [4.78, 5) is 13.9. The van der Waals surface area contributed by atoms with Gasteiger partial charge in [-0.1, -0.05) is 6.07 Å². The molecule has 1 N–H and O–H groups in total. The Hall–Kier alpha value is -1.49. The molecule has 1 saturated heterocycles. The number of amides is 1.